The first-order valence-electron chi connectivity index (χ1n) is 7.11. The molecule has 1 aromatic heterocycles. The molecule has 2 amide bonds. The van der Waals surface area contributed by atoms with E-state index in [-0.39, 0.29) is 23.0 Å². The highest BCUT2D eigenvalue weighted by molar-refractivity contribution is 9.10. The molecule has 0 atom stereocenters. The molecular formula is C17H18BrN3O2. The lowest BCUT2D eigenvalue weighted by molar-refractivity contribution is 0.0919. The summed E-state index contributed by atoms with van der Waals surface area (Å²) in [5, 5.41) is 5.62. The summed E-state index contributed by atoms with van der Waals surface area (Å²) in [4.78, 5) is 28.5. The van der Waals surface area contributed by atoms with Gasteiger partial charge in [-0.3, -0.25) is 14.6 Å². The molecule has 23 heavy (non-hydrogen) atoms. The Labute approximate surface area is 143 Å². The summed E-state index contributed by atoms with van der Waals surface area (Å²) in [5.41, 5.74) is 0.871. The molecule has 0 spiro atoms. The predicted octanol–water partition coefficient (Wildman–Crippen LogP) is 3.62. The summed E-state index contributed by atoms with van der Waals surface area (Å²) in [6, 6.07) is 10.3. The lowest BCUT2D eigenvalue weighted by atomic mass is 10.1. The van der Waals surface area contributed by atoms with E-state index in [1.165, 1.54) is 12.3 Å². The van der Waals surface area contributed by atoms with Crippen LogP contribution in [-0.4, -0.2) is 22.3 Å². The van der Waals surface area contributed by atoms with Gasteiger partial charge in [0.1, 0.15) is 5.69 Å². The van der Waals surface area contributed by atoms with Crippen LogP contribution in [0.1, 0.15) is 41.6 Å². The van der Waals surface area contributed by atoms with Crippen molar-refractivity contribution in [2.24, 2.45) is 0 Å². The summed E-state index contributed by atoms with van der Waals surface area (Å²) < 4.78 is 0.773. The van der Waals surface area contributed by atoms with Crippen LogP contribution in [0.5, 0.6) is 0 Å². The fraction of sp³-hybridized carbons (Fsp3) is 0.235. The molecule has 0 aliphatic rings. The number of nitrogens with zero attached hydrogens (tertiary/aromatic N) is 1. The largest absolute Gasteiger partial charge is 0.347 e. The van der Waals surface area contributed by atoms with Crippen molar-refractivity contribution in [3.05, 3.63) is 58.3 Å². The number of pyridine rings is 1. The first-order valence-corrected chi connectivity index (χ1v) is 7.90. The van der Waals surface area contributed by atoms with E-state index in [9.17, 15) is 9.59 Å². The van der Waals surface area contributed by atoms with Gasteiger partial charge in [0.05, 0.1) is 5.69 Å². The van der Waals surface area contributed by atoms with E-state index in [1.807, 2.05) is 39.0 Å². The number of hydrogen-bond donors (Lipinski definition) is 2. The molecule has 0 aliphatic heterocycles. The van der Waals surface area contributed by atoms with Crippen LogP contribution in [0, 0.1) is 0 Å². The van der Waals surface area contributed by atoms with E-state index in [4.69, 9.17) is 0 Å². The zero-order valence-corrected chi connectivity index (χ0v) is 14.8. The Kier molecular flexibility index (Phi) is 5.15. The molecule has 0 radical (unpaired) electrons. The number of hydrogen-bond acceptors (Lipinski definition) is 3. The number of benzene rings is 1. The standard InChI is InChI=1S/C17H18BrN3O2/c1-17(2,3)21-15(22)11-8-9-19-14(10-11)16(23)20-13-7-5-4-6-12(13)18/h4-10H,1-3H3,(H,20,23)(H,21,22). The smallest absolute Gasteiger partial charge is 0.274 e. The second-order valence-electron chi connectivity index (χ2n) is 6.07. The predicted molar refractivity (Wildman–Crippen MR) is 93.6 cm³/mol. The molecule has 1 heterocycles. The third-order valence-corrected chi connectivity index (χ3v) is 3.56. The SMILES string of the molecule is CC(C)(C)NC(=O)c1ccnc(C(=O)Nc2ccccc2Br)c1. The monoisotopic (exact) mass is 375 g/mol. The minimum Gasteiger partial charge on any atom is -0.347 e. The number of carbonyl (C=O) groups is 2. The van der Waals surface area contributed by atoms with Gasteiger partial charge in [0.2, 0.25) is 0 Å². The van der Waals surface area contributed by atoms with Crippen LogP contribution in [0.3, 0.4) is 0 Å². The minimum atomic E-state index is -0.373. The highest BCUT2D eigenvalue weighted by Crippen LogP contribution is 2.21. The Hall–Kier alpha value is -2.21. The van der Waals surface area contributed by atoms with Crippen molar-refractivity contribution < 1.29 is 9.59 Å². The maximum absolute atomic E-state index is 12.3. The Morgan fingerprint density at radius 2 is 1.78 bits per heavy atom. The number of para-hydroxylation sites is 1. The highest BCUT2D eigenvalue weighted by Gasteiger charge is 2.17. The van der Waals surface area contributed by atoms with Crippen molar-refractivity contribution in [3.63, 3.8) is 0 Å². The van der Waals surface area contributed by atoms with Crippen molar-refractivity contribution >= 4 is 33.4 Å². The van der Waals surface area contributed by atoms with Gasteiger partial charge in [-0.1, -0.05) is 12.1 Å². The first kappa shape index (κ1) is 17.1. The molecule has 0 aliphatic carbocycles. The number of amides is 2. The summed E-state index contributed by atoms with van der Waals surface area (Å²) >= 11 is 3.37. The van der Waals surface area contributed by atoms with Gasteiger partial charge < -0.3 is 10.6 Å². The van der Waals surface area contributed by atoms with Crippen LogP contribution in [0.2, 0.25) is 0 Å². The molecular weight excluding hydrogens is 358 g/mol. The van der Waals surface area contributed by atoms with Crippen molar-refractivity contribution in [1.82, 2.24) is 10.3 Å². The summed E-state index contributed by atoms with van der Waals surface area (Å²) in [7, 11) is 0. The molecule has 2 rings (SSSR count). The number of aromatic nitrogens is 1. The average Bonchev–Trinajstić information content (AvgIpc) is 2.48. The summed E-state index contributed by atoms with van der Waals surface area (Å²) in [6.45, 7) is 5.69. The van der Waals surface area contributed by atoms with E-state index in [0.717, 1.165) is 4.47 Å². The minimum absolute atomic E-state index is 0.183. The Bertz CT molecular complexity index is 739. The third-order valence-electron chi connectivity index (χ3n) is 2.87. The molecule has 1 aromatic carbocycles. The molecule has 2 N–H and O–H groups in total. The molecule has 0 saturated carbocycles. The van der Waals surface area contributed by atoms with E-state index in [2.05, 4.69) is 31.5 Å². The Balaban J connectivity index is 2.18. The summed E-state index contributed by atoms with van der Waals surface area (Å²) in [6.07, 6.45) is 1.45. The number of anilines is 1. The van der Waals surface area contributed by atoms with Gasteiger partial charge in [0.15, 0.2) is 0 Å². The van der Waals surface area contributed by atoms with Crippen molar-refractivity contribution in [2.45, 2.75) is 26.3 Å². The molecule has 6 heteroatoms. The fourth-order valence-electron chi connectivity index (χ4n) is 1.86. The van der Waals surface area contributed by atoms with Gasteiger partial charge in [0, 0.05) is 21.8 Å². The van der Waals surface area contributed by atoms with Crippen molar-refractivity contribution in [2.75, 3.05) is 5.32 Å². The lowest BCUT2D eigenvalue weighted by Gasteiger charge is -2.20. The van der Waals surface area contributed by atoms with Gasteiger partial charge in [-0.15, -0.1) is 0 Å². The number of nitrogens with one attached hydrogen (secondary N) is 2. The van der Waals surface area contributed by atoms with Gasteiger partial charge in [-0.25, -0.2) is 0 Å². The first-order chi connectivity index (χ1) is 10.8. The van der Waals surface area contributed by atoms with Gasteiger partial charge in [-0.05, 0) is 61.0 Å². The maximum Gasteiger partial charge on any atom is 0.274 e. The van der Waals surface area contributed by atoms with Gasteiger partial charge in [-0.2, -0.15) is 0 Å². The number of carbonyl (C=O) groups excluding carboxylic acids is 2. The molecule has 5 nitrogen and oxygen atoms in total. The summed E-state index contributed by atoms with van der Waals surface area (Å²) in [5.74, 6) is -0.614. The lowest BCUT2D eigenvalue weighted by Crippen LogP contribution is -2.40. The molecule has 0 unspecified atom stereocenters. The van der Waals surface area contributed by atoms with E-state index < -0.39 is 0 Å². The van der Waals surface area contributed by atoms with Crippen LogP contribution < -0.4 is 10.6 Å². The number of halogens is 1. The molecule has 0 fully saturated rings. The Morgan fingerprint density at radius 3 is 2.43 bits per heavy atom. The second-order valence-corrected chi connectivity index (χ2v) is 6.92. The second kappa shape index (κ2) is 6.91. The van der Waals surface area contributed by atoms with E-state index in [0.29, 0.717) is 11.3 Å². The zero-order valence-electron chi connectivity index (χ0n) is 13.2. The number of rotatable bonds is 3. The third kappa shape index (κ3) is 4.89. The van der Waals surface area contributed by atoms with Crippen LogP contribution in [0.25, 0.3) is 0 Å². The fourth-order valence-corrected chi connectivity index (χ4v) is 2.24. The van der Waals surface area contributed by atoms with Crippen molar-refractivity contribution in [1.29, 1.82) is 0 Å². The maximum atomic E-state index is 12.3. The van der Waals surface area contributed by atoms with E-state index in [1.54, 1.807) is 12.1 Å². The molecule has 0 bridgehead atoms. The van der Waals surface area contributed by atoms with Crippen molar-refractivity contribution in [3.8, 4) is 0 Å². The van der Waals surface area contributed by atoms with Gasteiger partial charge in [0.25, 0.3) is 11.8 Å². The highest BCUT2D eigenvalue weighted by atomic mass is 79.9. The zero-order chi connectivity index (χ0) is 17.0. The van der Waals surface area contributed by atoms with E-state index >= 15 is 0 Å². The van der Waals surface area contributed by atoms with Gasteiger partial charge >= 0.3 is 0 Å². The van der Waals surface area contributed by atoms with Crippen LogP contribution in [0.15, 0.2) is 47.1 Å². The molecule has 0 saturated heterocycles. The molecule has 2 aromatic rings. The average molecular weight is 376 g/mol. The van der Waals surface area contributed by atoms with Crippen LogP contribution >= 0.6 is 15.9 Å². The van der Waals surface area contributed by atoms with Crippen LogP contribution in [-0.2, 0) is 0 Å². The normalized spacial score (nSPS) is 11.0. The Morgan fingerprint density at radius 1 is 1.09 bits per heavy atom. The quantitative estimate of drug-likeness (QED) is 0.860. The van der Waals surface area contributed by atoms with Crippen LogP contribution in [0.4, 0.5) is 5.69 Å². The topological polar surface area (TPSA) is 71.1 Å². The molecule has 120 valence electrons.